The number of aliphatic hydroxyl groups is 1. The molecule has 0 aliphatic rings. The Labute approximate surface area is 129 Å². The summed E-state index contributed by atoms with van der Waals surface area (Å²) in [4.78, 5) is 14.1. The minimum atomic E-state index is -0.167. The maximum atomic E-state index is 12.0. The van der Waals surface area contributed by atoms with Crippen LogP contribution in [-0.2, 0) is 9.53 Å². The quantitative estimate of drug-likeness (QED) is 0.565. The van der Waals surface area contributed by atoms with Gasteiger partial charge in [0.1, 0.15) is 4.99 Å². The summed E-state index contributed by atoms with van der Waals surface area (Å²) in [5.41, 5.74) is 6.90. The van der Waals surface area contributed by atoms with Gasteiger partial charge >= 0.3 is 0 Å². The van der Waals surface area contributed by atoms with E-state index in [9.17, 15) is 4.79 Å². The van der Waals surface area contributed by atoms with Gasteiger partial charge in [0.2, 0.25) is 5.91 Å². The molecule has 0 heterocycles. The van der Waals surface area contributed by atoms with Gasteiger partial charge in [-0.2, -0.15) is 0 Å². The number of aliphatic hydroxyl groups excluding tert-OH is 1. The Hall–Kier alpha value is -1.54. The topological polar surface area (TPSA) is 87.8 Å². The molecule has 0 aromatic heterocycles. The number of benzene rings is 1. The molecule has 0 saturated heterocycles. The summed E-state index contributed by atoms with van der Waals surface area (Å²) < 4.78 is 4.98. The van der Waals surface area contributed by atoms with E-state index in [0.717, 1.165) is 0 Å². The van der Waals surface area contributed by atoms with Gasteiger partial charge in [-0.15, -0.1) is 0 Å². The van der Waals surface area contributed by atoms with Gasteiger partial charge in [-0.3, -0.25) is 9.69 Å². The summed E-state index contributed by atoms with van der Waals surface area (Å²) in [7, 11) is 1.60. The first-order valence-corrected chi connectivity index (χ1v) is 6.99. The van der Waals surface area contributed by atoms with Crippen molar-refractivity contribution in [1.82, 2.24) is 4.90 Å². The SMILES string of the molecule is COCCN(CCO)CC(=O)Nc1cccc(C(N)=S)c1. The predicted octanol–water partition coefficient (Wildman–Crippen LogP) is 0.200. The molecule has 0 radical (unpaired) electrons. The summed E-state index contributed by atoms with van der Waals surface area (Å²) in [6, 6.07) is 7.06. The number of ether oxygens (including phenoxy) is 1. The molecule has 0 spiro atoms. The molecular formula is C14H21N3O3S. The standard InChI is InChI=1S/C14H21N3O3S/c1-20-8-6-17(5-7-18)10-13(19)16-12-4-2-3-11(9-12)14(15)21/h2-4,9,18H,5-8,10H2,1H3,(H2,15,21)(H,16,19). The van der Waals surface area contributed by atoms with Crippen molar-refractivity contribution in [2.45, 2.75) is 0 Å². The molecule has 0 bridgehead atoms. The third kappa shape index (κ3) is 6.63. The monoisotopic (exact) mass is 311 g/mol. The number of anilines is 1. The molecule has 1 rings (SSSR count). The van der Waals surface area contributed by atoms with Crippen molar-refractivity contribution in [2.75, 3.05) is 45.3 Å². The Morgan fingerprint density at radius 1 is 1.48 bits per heavy atom. The molecule has 1 aromatic carbocycles. The van der Waals surface area contributed by atoms with Crippen molar-refractivity contribution in [3.8, 4) is 0 Å². The fourth-order valence-corrected chi connectivity index (χ4v) is 1.91. The van der Waals surface area contributed by atoms with Crippen molar-refractivity contribution in [2.24, 2.45) is 5.73 Å². The number of nitrogens with one attached hydrogen (secondary N) is 1. The van der Waals surface area contributed by atoms with Gasteiger partial charge in [-0.05, 0) is 12.1 Å². The molecule has 0 unspecified atom stereocenters. The smallest absolute Gasteiger partial charge is 0.238 e. The van der Waals surface area contributed by atoms with E-state index in [1.54, 1.807) is 31.4 Å². The lowest BCUT2D eigenvalue weighted by Crippen LogP contribution is -2.37. The third-order valence-electron chi connectivity index (χ3n) is 2.83. The zero-order chi connectivity index (χ0) is 15.7. The molecule has 0 aliphatic carbocycles. The van der Waals surface area contributed by atoms with Crippen LogP contribution in [-0.4, -0.2) is 60.9 Å². The molecule has 0 atom stereocenters. The molecule has 0 fully saturated rings. The Balaban J connectivity index is 2.58. The number of hydrogen-bond acceptors (Lipinski definition) is 5. The lowest BCUT2D eigenvalue weighted by molar-refractivity contribution is -0.117. The van der Waals surface area contributed by atoms with Crippen LogP contribution in [0, 0.1) is 0 Å². The molecule has 0 aliphatic heterocycles. The fourth-order valence-electron chi connectivity index (χ4n) is 1.79. The highest BCUT2D eigenvalue weighted by atomic mass is 32.1. The minimum absolute atomic E-state index is 0.00603. The molecule has 116 valence electrons. The zero-order valence-electron chi connectivity index (χ0n) is 12.0. The van der Waals surface area contributed by atoms with Crippen molar-refractivity contribution in [1.29, 1.82) is 0 Å². The van der Waals surface area contributed by atoms with Crippen LogP contribution < -0.4 is 11.1 Å². The van der Waals surface area contributed by atoms with Crippen LogP contribution in [0.2, 0.25) is 0 Å². The number of hydrogen-bond donors (Lipinski definition) is 3. The predicted molar refractivity (Wildman–Crippen MR) is 86.4 cm³/mol. The highest BCUT2D eigenvalue weighted by Gasteiger charge is 2.10. The molecule has 21 heavy (non-hydrogen) atoms. The largest absolute Gasteiger partial charge is 0.395 e. The molecule has 1 amide bonds. The van der Waals surface area contributed by atoms with Crippen molar-refractivity contribution < 1.29 is 14.6 Å². The number of carbonyl (C=O) groups excluding carboxylic acids is 1. The van der Waals surface area contributed by atoms with Crippen LogP contribution in [0.25, 0.3) is 0 Å². The van der Waals surface area contributed by atoms with Gasteiger partial charge in [0.25, 0.3) is 0 Å². The van der Waals surface area contributed by atoms with Crippen LogP contribution in [0.15, 0.2) is 24.3 Å². The maximum absolute atomic E-state index is 12.0. The van der Waals surface area contributed by atoms with Crippen LogP contribution in [0.5, 0.6) is 0 Å². The van der Waals surface area contributed by atoms with E-state index in [1.165, 1.54) is 0 Å². The summed E-state index contributed by atoms with van der Waals surface area (Å²) in [6.45, 7) is 1.68. The number of carbonyl (C=O) groups is 1. The van der Waals surface area contributed by atoms with E-state index < -0.39 is 0 Å². The Bertz CT molecular complexity index is 482. The van der Waals surface area contributed by atoms with E-state index in [-0.39, 0.29) is 24.0 Å². The zero-order valence-corrected chi connectivity index (χ0v) is 12.9. The first-order valence-electron chi connectivity index (χ1n) is 6.58. The van der Waals surface area contributed by atoms with Gasteiger partial charge in [0, 0.05) is 31.5 Å². The van der Waals surface area contributed by atoms with Crippen LogP contribution in [0.4, 0.5) is 5.69 Å². The van der Waals surface area contributed by atoms with E-state index in [2.05, 4.69) is 5.32 Å². The number of nitrogens with two attached hydrogens (primary N) is 1. The summed E-state index contributed by atoms with van der Waals surface area (Å²) in [6.07, 6.45) is 0. The Kier molecular flexibility index (Phi) is 7.84. The van der Waals surface area contributed by atoms with E-state index in [0.29, 0.717) is 30.9 Å². The van der Waals surface area contributed by atoms with Crippen molar-refractivity contribution in [3.63, 3.8) is 0 Å². The fraction of sp³-hybridized carbons (Fsp3) is 0.429. The highest BCUT2D eigenvalue weighted by molar-refractivity contribution is 7.80. The molecule has 1 aromatic rings. The maximum Gasteiger partial charge on any atom is 0.238 e. The normalized spacial score (nSPS) is 10.6. The number of rotatable bonds is 9. The van der Waals surface area contributed by atoms with Gasteiger partial charge in [-0.25, -0.2) is 0 Å². The second kappa shape index (κ2) is 9.41. The number of nitrogens with zero attached hydrogens (tertiary/aromatic N) is 1. The van der Waals surface area contributed by atoms with E-state index in [4.69, 9.17) is 27.8 Å². The summed E-state index contributed by atoms with van der Waals surface area (Å²) in [5, 5.41) is 11.8. The molecular weight excluding hydrogens is 290 g/mol. The first-order chi connectivity index (χ1) is 10.1. The highest BCUT2D eigenvalue weighted by Crippen LogP contribution is 2.10. The molecule has 6 nitrogen and oxygen atoms in total. The second-order valence-electron chi connectivity index (χ2n) is 4.49. The number of thiocarbonyl (C=S) groups is 1. The first kappa shape index (κ1) is 17.5. The average molecular weight is 311 g/mol. The van der Waals surface area contributed by atoms with Crippen LogP contribution in [0.1, 0.15) is 5.56 Å². The van der Waals surface area contributed by atoms with Gasteiger partial charge < -0.3 is 20.9 Å². The number of amides is 1. The van der Waals surface area contributed by atoms with Gasteiger partial charge in [0.05, 0.1) is 19.8 Å². The average Bonchev–Trinajstić information content (AvgIpc) is 2.45. The molecule has 0 saturated carbocycles. The Morgan fingerprint density at radius 3 is 2.86 bits per heavy atom. The minimum Gasteiger partial charge on any atom is -0.395 e. The van der Waals surface area contributed by atoms with Gasteiger partial charge in [-0.1, -0.05) is 24.4 Å². The lowest BCUT2D eigenvalue weighted by Gasteiger charge is -2.20. The van der Waals surface area contributed by atoms with Crippen LogP contribution >= 0.6 is 12.2 Å². The number of methoxy groups -OCH3 is 1. The molecule has 4 N–H and O–H groups in total. The van der Waals surface area contributed by atoms with E-state index >= 15 is 0 Å². The van der Waals surface area contributed by atoms with Gasteiger partial charge in [0.15, 0.2) is 0 Å². The second-order valence-corrected chi connectivity index (χ2v) is 4.93. The van der Waals surface area contributed by atoms with Crippen molar-refractivity contribution in [3.05, 3.63) is 29.8 Å². The lowest BCUT2D eigenvalue weighted by atomic mass is 10.2. The molecule has 7 heteroatoms. The third-order valence-corrected chi connectivity index (χ3v) is 3.06. The Morgan fingerprint density at radius 2 is 2.24 bits per heavy atom. The van der Waals surface area contributed by atoms with Crippen LogP contribution in [0.3, 0.4) is 0 Å². The van der Waals surface area contributed by atoms with E-state index in [1.807, 2.05) is 4.90 Å². The summed E-state index contributed by atoms with van der Waals surface area (Å²) in [5.74, 6) is -0.167. The van der Waals surface area contributed by atoms with Crippen molar-refractivity contribution >= 4 is 28.8 Å². The summed E-state index contributed by atoms with van der Waals surface area (Å²) >= 11 is 4.90.